The summed E-state index contributed by atoms with van der Waals surface area (Å²) in [6.45, 7) is 5.85. The minimum absolute atomic E-state index is 0.189. The lowest BCUT2D eigenvalue weighted by Crippen LogP contribution is -2.43. The summed E-state index contributed by atoms with van der Waals surface area (Å²) in [5.41, 5.74) is 6.34. The summed E-state index contributed by atoms with van der Waals surface area (Å²) >= 11 is 1.30. The lowest BCUT2D eigenvalue weighted by Gasteiger charge is -2.09. The van der Waals surface area contributed by atoms with E-state index in [1.54, 1.807) is 6.92 Å². The predicted octanol–water partition coefficient (Wildman–Crippen LogP) is 1.10. The second kappa shape index (κ2) is 6.46. The third-order valence-corrected chi connectivity index (χ3v) is 2.94. The van der Waals surface area contributed by atoms with Gasteiger partial charge in [-0.25, -0.2) is 9.78 Å². The van der Waals surface area contributed by atoms with Crippen molar-refractivity contribution in [1.29, 1.82) is 0 Å². The van der Waals surface area contributed by atoms with Gasteiger partial charge in [-0.05, 0) is 12.8 Å². The van der Waals surface area contributed by atoms with E-state index in [4.69, 9.17) is 5.73 Å². The number of hydrogen-bond acceptors (Lipinski definition) is 6. The van der Waals surface area contributed by atoms with E-state index in [1.165, 1.54) is 11.3 Å². The van der Waals surface area contributed by atoms with Crippen LogP contribution in [0.4, 0.5) is 5.13 Å². The van der Waals surface area contributed by atoms with Crippen molar-refractivity contribution in [3.8, 4) is 0 Å². The number of rotatable bonds is 5. The average molecular weight is 271 g/mol. The standard InChI is InChI=1S/C11H17N3O3S/c1-4-17-10(16)8(12)9(15)14-11-13-7(5-18-11)6(2)3/h5-6,8H,4,12H2,1-3H3,(H,13,14,15). The largest absolute Gasteiger partial charge is 0.464 e. The van der Waals surface area contributed by atoms with Crippen molar-refractivity contribution >= 4 is 28.3 Å². The Kier molecular flexibility index (Phi) is 5.24. The van der Waals surface area contributed by atoms with E-state index in [9.17, 15) is 9.59 Å². The second-order valence-corrected chi connectivity index (χ2v) is 4.81. The van der Waals surface area contributed by atoms with Gasteiger partial charge in [0, 0.05) is 5.38 Å². The summed E-state index contributed by atoms with van der Waals surface area (Å²) in [5.74, 6) is -1.07. The smallest absolute Gasteiger partial charge is 0.332 e. The van der Waals surface area contributed by atoms with Gasteiger partial charge >= 0.3 is 5.97 Å². The van der Waals surface area contributed by atoms with Gasteiger partial charge in [0.15, 0.2) is 11.2 Å². The fraction of sp³-hybridized carbons (Fsp3) is 0.545. The predicted molar refractivity (Wildman–Crippen MR) is 69.4 cm³/mol. The second-order valence-electron chi connectivity index (χ2n) is 3.95. The number of carbonyl (C=O) groups is 2. The van der Waals surface area contributed by atoms with Crippen LogP contribution in [0.3, 0.4) is 0 Å². The fourth-order valence-electron chi connectivity index (χ4n) is 1.13. The molecular formula is C11H17N3O3S. The van der Waals surface area contributed by atoms with Crippen LogP contribution in [0.15, 0.2) is 5.38 Å². The van der Waals surface area contributed by atoms with Crippen LogP contribution < -0.4 is 11.1 Å². The summed E-state index contributed by atoms with van der Waals surface area (Å²) in [4.78, 5) is 27.1. The van der Waals surface area contributed by atoms with Crippen molar-refractivity contribution in [3.05, 3.63) is 11.1 Å². The molecule has 0 radical (unpaired) electrons. The minimum atomic E-state index is -1.32. The molecule has 0 saturated carbocycles. The van der Waals surface area contributed by atoms with Crippen molar-refractivity contribution in [2.45, 2.75) is 32.7 Å². The van der Waals surface area contributed by atoms with Gasteiger partial charge in [0.05, 0.1) is 12.3 Å². The number of carbonyl (C=O) groups excluding carboxylic acids is 2. The maximum atomic E-state index is 11.6. The monoisotopic (exact) mass is 271 g/mol. The molecule has 0 bridgehead atoms. The normalized spacial score (nSPS) is 12.3. The zero-order valence-corrected chi connectivity index (χ0v) is 11.4. The quantitative estimate of drug-likeness (QED) is 0.617. The fourth-order valence-corrected chi connectivity index (χ4v) is 2.01. The van der Waals surface area contributed by atoms with Gasteiger partial charge < -0.3 is 15.8 Å². The van der Waals surface area contributed by atoms with Gasteiger partial charge in [0.2, 0.25) is 0 Å². The Balaban J connectivity index is 2.60. The molecule has 0 spiro atoms. The van der Waals surface area contributed by atoms with Crippen molar-refractivity contribution < 1.29 is 14.3 Å². The van der Waals surface area contributed by atoms with Crippen molar-refractivity contribution in [1.82, 2.24) is 4.98 Å². The molecule has 0 fully saturated rings. The Bertz CT molecular complexity index is 431. The summed E-state index contributed by atoms with van der Waals surface area (Å²) < 4.78 is 4.66. The van der Waals surface area contributed by atoms with Crippen LogP contribution in [0, 0.1) is 0 Å². The first-order valence-electron chi connectivity index (χ1n) is 5.64. The molecule has 7 heteroatoms. The Labute approximate surface area is 110 Å². The van der Waals surface area contributed by atoms with Gasteiger partial charge in [-0.15, -0.1) is 11.3 Å². The van der Waals surface area contributed by atoms with E-state index >= 15 is 0 Å². The number of nitrogens with two attached hydrogens (primary N) is 1. The van der Waals surface area contributed by atoms with Gasteiger partial charge in [0.1, 0.15) is 0 Å². The van der Waals surface area contributed by atoms with Gasteiger partial charge in [0.25, 0.3) is 5.91 Å². The molecule has 0 aromatic carbocycles. The molecule has 3 N–H and O–H groups in total. The van der Waals surface area contributed by atoms with E-state index < -0.39 is 17.9 Å². The highest BCUT2D eigenvalue weighted by Gasteiger charge is 2.24. The first kappa shape index (κ1) is 14.6. The van der Waals surface area contributed by atoms with Crippen LogP contribution >= 0.6 is 11.3 Å². The molecule has 100 valence electrons. The van der Waals surface area contributed by atoms with Crippen LogP contribution in [0.25, 0.3) is 0 Å². The number of aromatic nitrogens is 1. The number of anilines is 1. The third-order valence-electron chi connectivity index (χ3n) is 2.17. The number of amides is 1. The highest BCUT2D eigenvalue weighted by atomic mass is 32.1. The van der Waals surface area contributed by atoms with Gasteiger partial charge in [-0.3, -0.25) is 4.79 Å². The van der Waals surface area contributed by atoms with Crippen molar-refractivity contribution in [3.63, 3.8) is 0 Å². The average Bonchev–Trinajstić information content (AvgIpc) is 2.77. The van der Waals surface area contributed by atoms with Crippen molar-refractivity contribution in [2.75, 3.05) is 11.9 Å². The lowest BCUT2D eigenvalue weighted by atomic mass is 10.2. The molecule has 1 rings (SSSR count). The molecule has 0 saturated heterocycles. The maximum absolute atomic E-state index is 11.6. The SMILES string of the molecule is CCOC(=O)C(N)C(=O)Nc1nc(C(C)C)cs1. The lowest BCUT2D eigenvalue weighted by molar-refractivity contribution is -0.146. The zero-order valence-electron chi connectivity index (χ0n) is 10.6. The first-order valence-corrected chi connectivity index (χ1v) is 6.52. The van der Waals surface area contributed by atoms with Crippen LogP contribution in [0.2, 0.25) is 0 Å². The molecule has 1 aromatic rings. The minimum Gasteiger partial charge on any atom is -0.464 e. The number of nitrogens with zero attached hydrogens (tertiary/aromatic N) is 1. The first-order chi connectivity index (χ1) is 8.45. The molecule has 6 nitrogen and oxygen atoms in total. The highest BCUT2D eigenvalue weighted by molar-refractivity contribution is 7.13. The molecule has 1 unspecified atom stereocenters. The maximum Gasteiger partial charge on any atom is 0.332 e. The van der Waals surface area contributed by atoms with Crippen molar-refractivity contribution in [2.24, 2.45) is 5.73 Å². The molecule has 1 atom stereocenters. The Morgan fingerprint density at radius 3 is 2.72 bits per heavy atom. The van der Waals surface area contributed by atoms with E-state index in [0.717, 1.165) is 5.69 Å². The highest BCUT2D eigenvalue weighted by Crippen LogP contribution is 2.21. The van der Waals surface area contributed by atoms with Gasteiger partial charge in [-0.2, -0.15) is 0 Å². The summed E-state index contributed by atoms with van der Waals surface area (Å²) in [6.07, 6.45) is 0. The molecule has 18 heavy (non-hydrogen) atoms. The molecule has 1 aromatic heterocycles. The van der Waals surface area contributed by atoms with E-state index in [0.29, 0.717) is 5.13 Å². The van der Waals surface area contributed by atoms with E-state index in [-0.39, 0.29) is 12.5 Å². The molecule has 0 aliphatic heterocycles. The van der Waals surface area contributed by atoms with E-state index in [1.807, 2.05) is 19.2 Å². The topological polar surface area (TPSA) is 94.3 Å². The number of esters is 1. The van der Waals surface area contributed by atoms with Crippen LogP contribution in [-0.4, -0.2) is 29.5 Å². The molecule has 0 aliphatic rings. The van der Waals surface area contributed by atoms with Crippen LogP contribution in [0.5, 0.6) is 0 Å². The van der Waals surface area contributed by atoms with Crippen LogP contribution in [0.1, 0.15) is 32.4 Å². The molecule has 0 aliphatic carbocycles. The summed E-state index contributed by atoms with van der Waals surface area (Å²) in [6, 6.07) is -1.32. The summed E-state index contributed by atoms with van der Waals surface area (Å²) in [5, 5.41) is 4.79. The number of ether oxygens (including phenoxy) is 1. The number of thiazole rings is 1. The van der Waals surface area contributed by atoms with E-state index in [2.05, 4.69) is 15.0 Å². The molecule has 1 heterocycles. The Morgan fingerprint density at radius 1 is 1.56 bits per heavy atom. The molecule has 1 amide bonds. The summed E-state index contributed by atoms with van der Waals surface area (Å²) in [7, 11) is 0. The Hall–Kier alpha value is -1.47. The Morgan fingerprint density at radius 2 is 2.22 bits per heavy atom. The number of hydrogen-bond donors (Lipinski definition) is 2. The van der Waals surface area contributed by atoms with Crippen LogP contribution in [-0.2, 0) is 14.3 Å². The van der Waals surface area contributed by atoms with Gasteiger partial charge in [-0.1, -0.05) is 13.8 Å². The third kappa shape index (κ3) is 3.78. The number of nitrogens with one attached hydrogen (secondary N) is 1. The molecular weight excluding hydrogens is 254 g/mol. The zero-order chi connectivity index (χ0) is 13.7.